The van der Waals surface area contributed by atoms with Gasteiger partial charge in [0.1, 0.15) is 8.07 Å². The molecule has 0 aromatic heterocycles. The zero-order chi connectivity index (χ0) is 27.4. The fourth-order valence-electron chi connectivity index (χ4n) is 7.03. The topological polar surface area (TPSA) is 3.24 Å². The number of hydrogen-bond donors (Lipinski definition) is 0. The molecule has 1 aliphatic rings. The van der Waals surface area contributed by atoms with E-state index in [0.717, 1.165) is 0 Å². The van der Waals surface area contributed by atoms with E-state index in [-0.39, 0.29) is 0 Å². The Morgan fingerprint density at radius 2 is 0.902 bits per heavy atom. The van der Waals surface area contributed by atoms with E-state index in [1.54, 1.807) is 0 Å². The van der Waals surface area contributed by atoms with Gasteiger partial charge >= 0.3 is 0 Å². The lowest BCUT2D eigenvalue weighted by atomic mass is 10.0. The third-order valence-corrected chi connectivity index (χ3v) is 13.4. The van der Waals surface area contributed by atoms with Gasteiger partial charge in [-0.3, -0.25) is 0 Å². The van der Waals surface area contributed by atoms with Crippen molar-refractivity contribution in [2.45, 2.75) is 6.55 Å². The molecule has 0 aliphatic carbocycles. The van der Waals surface area contributed by atoms with Gasteiger partial charge in [0.25, 0.3) is 0 Å². The van der Waals surface area contributed by atoms with Crippen molar-refractivity contribution in [3.63, 3.8) is 0 Å². The molecule has 0 fully saturated rings. The van der Waals surface area contributed by atoms with Gasteiger partial charge < -0.3 is 4.90 Å². The van der Waals surface area contributed by atoms with Crippen LogP contribution in [0.2, 0.25) is 6.55 Å². The lowest BCUT2D eigenvalue weighted by molar-refractivity contribution is 1.32. The van der Waals surface area contributed by atoms with Gasteiger partial charge in [-0.25, -0.2) is 0 Å². The minimum atomic E-state index is -2.35. The molecule has 1 heterocycles. The van der Waals surface area contributed by atoms with Crippen molar-refractivity contribution in [1.82, 2.24) is 0 Å². The largest absolute Gasteiger partial charge is 0.309 e. The lowest BCUT2D eigenvalue weighted by Crippen LogP contribution is -2.62. The van der Waals surface area contributed by atoms with E-state index in [0.29, 0.717) is 0 Å². The quantitative estimate of drug-likeness (QED) is 0.203. The predicted octanol–water partition coefficient (Wildman–Crippen LogP) is 8.54. The average Bonchev–Trinajstić information content (AvgIpc) is 3.31. The normalized spacial score (nSPS) is 15.5. The number of benzene rings is 7. The molecule has 41 heavy (non-hydrogen) atoms. The van der Waals surface area contributed by atoms with Gasteiger partial charge in [-0.05, 0) is 55.7 Å². The number of nitrogens with zero attached hydrogens (tertiary/aromatic N) is 1. The molecule has 0 radical (unpaired) electrons. The van der Waals surface area contributed by atoms with Crippen LogP contribution in [0.3, 0.4) is 0 Å². The van der Waals surface area contributed by atoms with Crippen LogP contribution in [-0.2, 0) is 0 Å². The summed E-state index contributed by atoms with van der Waals surface area (Å²) in [5.74, 6) is 0. The Morgan fingerprint density at radius 1 is 0.415 bits per heavy atom. The molecule has 194 valence electrons. The summed E-state index contributed by atoms with van der Waals surface area (Å²) < 4.78 is 0. The third kappa shape index (κ3) is 3.54. The molecule has 0 spiro atoms. The smallest absolute Gasteiger partial charge is 0.149 e. The molecule has 7 aromatic carbocycles. The molecule has 0 bridgehead atoms. The highest BCUT2D eigenvalue weighted by Crippen LogP contribution is 2.44. The number of anilines is 3. The van der Waals surface area contributed by atoms with E-state index in [9.17, 15) is 0 Å². The maximum atomic E-state index is 2.55. The van der Waals surface area contributed by atoms with Gasteiger partial charge in [-0.2, -0.15) is 0 Å². The Labute approximate surface area is 242 Å². The van der Waals surface area contributed by atoms with Crippen LogP contribution in [0.4, 0.5) is 17.1 Å². The molecule has 1 atom stereocenters. The van der Waals surface area contributed by atoms with E-state index in [1.807, 2.05) is 0 Å². The summed E-state index contributed by atoms with van der Waals surface area (Å²) in [6.45, 7) is 2.54. The van der Waals surface area contributed by atoms with E-state index < -0.39 is 8.07 Å². The molecule has 8 rings (SSSR count). The molecular weight excluding hydrogens is 511 g/mol. The van der Waals surface area contributed by atoms with Crippen molar-refractivity contribution in [2.75, 3.05) is 4.90 Å². The number of fused-ring (bicyclic) bond motifs is 5. The molecule has 0 amide bonds. The Kier molecular flexibility index (Phi) is 5.44. The second-order valence-corrected chi connectivity index (χ2v) is 14.9. The highest BCUT2D eigenvalue weighted by atomic mass is 28.3. The summed E-state index contributed by atoms with van der Waals surface area (Å²) in [7, 11) is -2.35. The maximum Gasteiger partial charge on any atom is 0.149 e. The van der Waals surface area contributed by atoms with Crippen LogP contribution < -0.4 is 20.5 Å². The second kappa shape index (κ2) is 9.33. The van der Waals surface area contributed by atoms with Crippen LogP contribution in [0.5, 0.6) is 0 Å². The van der Waals surface area contributed by atoms with Crippen LogP contribution in [0.25, 0.3) is 32.7 Å². The summed E-state index contributed by atoms with van der Waals surface area (Å²) in [6.07, 6.45) is 0. The Morgan fingerprint density at radius 3 is 1.59 bits per heavy atom. The first-order valence-corrected chi connectivity index (χ1v) is 16.8. The standard InChI is InChI=1S/C39H29NSi/c1-41(30-18-3-2-4-19-30)38-27-10-9-22-33(38)34-23-13-26-37(39(34)41)40(35-24-11-16-28-14-5-7-20-31(28)35)36-25-12-17-29-15-6-8-21-32(29)36/h2-27H,1H3. The molecular formula is C39H29NSi. The van der Waals surface area contributed by atoms with Gasteiger partial charge in [-0.15, -0.1) is 0 Å². The molecule has 1 nitrogen and oxygen atoms in total. The van der Waals surface area contributed by atoms with Gasteiger partial charge in [0.05, 0.1) is 11.4 Å². The van der Waals surface area contributed by atoms with Crippen LogP contribution >= 0.6 is 0 Å². The van der Waals surface area contributed by atoms with Gasteiger partial charge in [0.15, 0.2) is 0 Å². The first-order chi connectivity index (χ1) is 20.2. The van der Waals surface area contributed by atoms with E-state index in [1.165, 1.54) is 65.3 Å². The first-order valence-electron chi connectivity index (χ1n) is 14.3. The van der Waals surface area contributed by atoms with Crippen molar-refractivity contribution in [3.8, 4) is 11.1 Å². The van der Waals surface area contributed by atoms with E-state index >= 15 is 0 Å². The van der Waals surface area contributed by atoms with E-state index in [4.69, 9.17) is 0 Å². The zero-order valence-electron chi connectivity index (χ0n) is 23.0. The monoisotopic (exact) mass is 539 g/mol. The van der Waals surface area contributed by atoms with Crippen molar-refractivity contribution in [1.29, 1.82) is 0 Å². The Bertz CT molecular complexity index is 1990. The molecule has 0 saturated carbocycles. The van der Waals surface area contributed by atoms with Crippen LogP contribution in [0.15, 0.2) is 158 Å². The first kappa shape index (κ1) is 23.9. The predicted molar refractivity (Wildman–Crippen MR) is 179 cm³/mol. The Balaban J connectivity index is 1.51. The molecule has 1 aliphatic heterocycles. The van der Waals surface area contributed by atoms with E-state index in [2.05, 4.69) is 169 Å². The van der Waals surface area contributed by atoms with Crippen molar-refractivity contribution < 1.29 is 0 Å². The molecule has 2 heteroatoms. The van der Waals surface area contributed by atoms with Crippen LogP contribution in [-0.4, -0.2) is 8.07 Å². The van der Waals surface area contributed by atoms with Crippen molar-refractivity contribution in [3.05, 3.63) is 158 Å². The third-order valence-electron chi connectivity index (χ3n) is 8.91. The minimum absolute atomic E-state index is 1.20. The van der Waals surface area contributed by atoms with Gasteiger partial charge in [0.2, 0.25) is 0 Å². The van der Waals surface area contributed by atoms with Gasteiger partial charge in [0, 0.05) is 16.5 Å². The average molecular weight is 540 g/mol. The minimum Gasteiger partial charge on any atom is -0.309 e. The van der Waals surface area contributed by atoms with Crippen molar-refractivity contribution in [2.24, 2.45) is 0 Å². The summed E-state index contributed by atoms with van der Waals surface area (Å²) in [5, 5.41) is 9.40. The number of rotatable bonds is 4. The molecule has 0 N–H and O–H groups in total. The fraction of sp³-hybridized carbons (Fsp3) is 0.0256. The summed E-state index contributed by atoms with van der Waals surface area (Å²) in [6, 6.07) is 58.2. The highest BCUT2D eigenvalue weighted by Gasteiger charge is 2.45. The molecule has 7 aromatic rings. The molecule has 0 saturated heterocycles. The van der Waals surface area contributed by atoms with Crippen LogP contribution in [0.1, 0.15) is 0 Å². The lowest BCUT2D eigenvalue weighted by Gasteiger charge is -2.34. The maximum absolute atomic E-state index is 2.55. The summed E-state index contributed by atoms with van der Waals surface area (Å²) in [5.41, 5.74) is 6.41. The van der Waals surface area contributed by atoms with Gasteiger partial charge in [-0.1, -0.05) is 146 Å². The fourth-order valence-corrected chi connectivity index (χ4v) is 11.4. The Hall–Kier alpha value is -4.92. The summed E-state index contributed by atoms with van der Waals surface area (Å²) in [4.78, 5) is 2.55. The SMILES string of the molecule is C[Si]1(c2ccccc2)c2ccccc2-c2cccc(N(c3cccc4ccccc34)c3cccc4ccccc34)c21. The number of hydrogen-bond acceptors (Lipinski definition) is 1. The highest BCUT2D eigenvalue weighted by molar-refractivity contribution is 7.14. The van der Waals surface area contributed by atoms with Crippen molar-refractivity contribution >= 4 is 62.2 Å². The zero-order valence-corrected chi connectivity index (χ0v) is 24.0. The van der Waals surface area contributed by atoms with Crippen LogP contribution in [0, 0.1) is 0 Å². The summed E-state index contributed by atoms with van der Waals surface area (Å²) >= 11 is 0. The molecule has 1 unspecified atom stereocenters. The second-order valence-electron chi connectivity index (χ2n) is 11.1.